The molecule has 0 radical (unpaired) electrons. The highest BCUT2D eigenvalue weighted by molar-refractivity contribution is 6.24. The van der Waals surface area contributed by atoms with Crippen LogP contribution in [0.1, 0.15) is 0 Å². The van der Waals surface area contributed by atoms with Crippen molar-refractivity contribution in [1.82, 2.24) is 14.4 Å². The summed E-state index contributed by atoms with van der Waals surface area (Å²) < 4.78 is 2.43. The first-order valence-corrected chi connectivity index (χ1v) is 16.8. The average molecular weight is 622 g/mol. The summed E-state index contributed by atoms with van der Waals surface area (Å²) in [5.74, 6) is 0. The summed E-state index contributed by atoms with van der Waals surface area (Å²) in [7, 11) is 0. The van der Waals surface area contributed by atoms with Crippen LogP contribution in [0.2, 0.25) is 0 Å². The third-order valence-electron chi connectivity index (χ3n) is 10.3. The fraction of sp³-hybridized carbons (Fsp3) is 0. The van der Waals surface area contributed by atoms with Gasteiger partial charge in [-0.15, -0.1) is 0 Å². The Hall–Kier alpha value is -6.58. The molecule has 0 aliphatic heterocycles. The monoisotopic (exact) mass is 621 g/mol. The quantitative estimate of drug-likeness (QED) is 0.184. The maximum absolute atomic E-state index is 5.45. The predicted molar refractivity (Wildman–Crippen MR) is 206 cm³/mol. The molecule has 226 valence electrons. The summed E-state index contributed by atoms with van der Waals surface area (Å²) in [6.45, 7) is 0. The van der Waals surface area contributed by atoms with Crippen LogP contribution in [0.4, 0.5) is 0 Å². The fourth-order valence-corrected chi connectivity index (χ4v) is 8.09. The average Bonchev–Trinajstić information content (AvgIpc) is 3.70. The molecule has 3 nitrogen and oxygen atoms in total. The molecule has 0 saturated heterocycles. The van der Waals surface area contributed by atoms with Crippen molar-refractivity contribution in [2.45, 2.75) is 0 Å². The number of rotatable bonds is 3. The van der Waals surface area contributed by atoms with Gasteiger partial charge in [0.1, 0.15) is 0 Å². The van der Waals surface area contributed by atoms with Crippen LogP contribution in [-0.4, -0.2) is 14.4 Å². The van der Waals surface area contributed by atoms with Gasteiger partial charge < -0.3 is 4.40 Å². The van der Waals surface area contributed by atoms with Crippen LogP contribution in [-0.2, 0) is 0 Å². The first-order chi connectivity index (χ1) is 24.3. The van der Waals surface area contributed by atoms with E-state index < -0.39 is 0 Å². The fourth-order valence-electron chi connectivity index (χ4n) is 8.09. The zero-order valence-corrected chi connectivity index (χ0v) is 26.4. The molecule has 0 spiro atoms. The number of benzene rings is 8. The van der Waals surface area contributed by atoms with Crippen molar-refractivity contribution >= 4 is 70.7 Å². The smallest absolute Gasteiger partial charge is 0.0979 e. The number of fused-ring (bicyclic) bond motifs is 12. The van der Waals surface area contributed by atoms with Crippen molar-refractivity contribution in [3.63, 3.8) is 0 Å². The molecule has 49 heavy (non-hydrogen) atoms. The van der Waals surface area contributed by atoms with Gasteiger partial charge >= 0.3 is 0 Å². The number of aromatic nitrogens is 3. The zero-order chi connectivity index (χ0) is 32.1. The van der Waals surface area contributed by atoms with E-state index in [9.17, 15) is 0 Å². The second-order valence-corrected chi connectivity index (χ2v) is 12.9. The van der Waals surface area contributed by atoms with E-state index in [1.165, 1.54) is 60.0 Å². The Labute approximate surface area is 281 Å². The first kappa shape index (κ1) is 26.5. The van der Waals surface area contributed by atoms with E-state index >= 15 is 0 Å². The maximum atomic E-state index is 5.45. The molecule has 3 heteroatoms. The van der Waals surface area contributed by atoms with Crippen molar-refractivity contribution in [2.75, 3.05) is 0 Å². The molecular formula is C46H27N3. The standard InChI is InChI=1S/C46H27N3/c1-2-11-29(12-3-1)42-43(48-45-36-17-7-5-14-33(36)32-13-4-6-16-35(32)44(45)47-42)30-23-21-28(22-24-30)31-25-26-41-39(27-31)38-19-10-18-37-34-15-8-9-20-40(34)49(41)46(37)38/h1-27H. The summed E-state index contributed by atoms with van der Waals surface area (Å²) in [6, 6.07) is 58.7. The van der Waals surface area contributed by atoms with E-state index in [-0.39, 0.29) is 0 Å². The Morgan fingerprint density at radius 3 is 1.45 bits per heavy atom. The predicted octanol–water partition coefficient (Wildman–Crippen LogP) is 12.1. The summed E-state index contributed by atoms with van der Waals surface area (Å²) in [6.07, 6.45) is 0. The summed E-state index contributed by atoms with van der Waals surface area (Å²) in [5, 5.41) is 9.81. The van der Waals surface area contributed by atoms with Gasteiger partial charge in [0.05, 0.1) is 39.0 Å². The van der Waals surface area contributed by atoms with Gasteiger partial charge in [0, 0.05) is 43.4 Å². The lowest BCUT2D eigenvalue weighted by molar-refractivity contribution is 1.31. The normalized spacial score (nSPS) is 12.1. The Morgan fingerprint density at radius 2 is 0.776 bits per heavy atom. The second-order valence-electron chi connectivity index (χ2n) is 12.9. The molecule has 3 aromatic heterocycles. The highest BCUT2D eigenvalue weighted by Gasteiger charge is 2.19. The summed E-state index contributed by atoms with van der Waals surface area (Å²) in [4.78, 5) is 10.9. The molecular weight excluding hydrogens is 595 g/mol. The molecule has 11 rings (SSSR count). The molecule has 0 aliphatic carbocycles. The molecule has 0 saturated carbocycles. The van der Waals surface area contributed by atoms with Gasteiger partial charge in [-0.3, -0.25) is 0 Å². The van der Waals surface area contributed by atoms with E-state index in [1.807, 2.05) is 6.07 Å². The first-order valence-electron chi connectivity index (χ1n) is 16.8. The number of hydrogen-bond donors (Lipinski definition) is 0. The minimum absolute atomic E-state index is 0.887. The van der Waals surface area contributed by atoms with E-state index in [0.29, 0.717) is 0 Å². The lowest BCUT2D eigenvalue weighted by Crippen LogP contribution is -1.97. The molecule has 8 aromatic carbocycles. The van der Waals surface area contributed by atoms with Crippen LogP contribution >= 0.6 is 0 Å². The highest BCUT2D eigenvalue weighted by atomic mass is 14.9. The molecule has 0 aliphatic rings. The molecule has 0 atom stereocenters. The van der Waals surface area contributed by atoms with Crippen LogP contribution in [0.15, 0.2) is 164 Å². The van der Waals surface area contributed by atoms with Gasteiger partial charge in [-0.2, -0.15) is 0 Å². The Bertz CT molecular complexity index is 3080. The van der Waals surface area contributed by atoms with E-state index in [4.69, 9.17) is 9.97 Å². The van der Waals surface area contributed by atoms with Gasteiger partial charge in [0.2, 0.25) is 0 Å². The Morgan fingerprint density at radius 1 is 0.306 bits per heavy atom. The molecule has 0 bridgehead atoms. The van der Waals surface area contributed by atoms with Crippen molar-refractivity contribution in [3.05, 3.63) is 164 Å². The Kier molecular flexibility index (Phi) is 5.38. The maximum Gasteiger partial charge on any atom is 0.0979 e. The molecule has 0 amide bonds. The third kappa shape index (κ3) is 3.73. The van der Waals surface area contributed by atoms with Gasteiger partial charge in [0.25, 0.3) is 0 Å². The van der Waals surface area contributed by atoms with E-state index in [0.717, 1.165) is 44.3 Å². The highest BCUT2D eigenvalue weighted by Crippen LogP contribution is 2.41. The molecule has 0 unspecified atom stereocenters. The summed E-state index contributed by atoms with van der Waals surface area (Å²) >= 11 is 0. The largest absolute Gasteiger partial charge is 0.308 e. The number of para-hydroxylation sites is 2. The van der Waals surface area contributed by atoms with Crippen LogP contribution in [0.25, 0.3) is 104 Å². The Balaban J connectivity index is 1.10. The minimum Gasteiger partial charge on any atom is -0.308 e. The van der Waals surface area contributed by atoms with Gasteiger partial charge in [-0.25, -0.2) is 9.97 Å². The molecule has 0 fully saturated rings. The van der Waals surface area contributed by atoms with Gasteiger partial charge in [0.15, 0.2) is 0 Å². The van der Waals surface area contributed by atoms with Crippen LogP contribution < -0.4 is 0 Å². The van der Waals surface area contributed by atoms with Crippen molar-refractivity contribution < 1.29 is 0 Å². The molecule has 11 aromatic rings. The van der Waals surface area contributed by atoms with Crippen molar-refractivity contribution in [2.24, 2.45) is 0 Å². The minimum atomic E-state index is 0.887. The van der Waals surface area contributed by atoms with Crippen molar-refractivity contribution in [1.29, 1.82) is 0 Å². The lowest BCUT2D eigenvalue weighted by Gasteiger charge is -2.15. The number of nitrogens with zero attached hydrogens (tertiary/aromatic N) is 3. The van der Waals surface area contributed by atoms with Gasteiger partial charge in [-0.05, 0) is 40.1 Å². The van der Waals surface area contributed by atoms with Crippen molar-refractivity contribution in [3.8, 4) is 33.6 Å². The van der Waals surface area contributed by atoms with Crippen LogP contribution in [0.5, 0.6) is 0 Å². The zero-order valence-electron chi connectivity index (χ0n) is 26.4. The van der Waals surface area contributed by atoms with Crippen LogP contribution in [0, 0.1) is 0 Å². The third-order valence-corrected chi connectivity index (χ3v) is 10.3. The van der Waals surface area contributed by atoms with E-state index in [1.54, 1.807) is 0 Å². The lowest BCUT2D eigenvalue weighted by atomic mass is 9.97. The van der Waals surface area contributed by atoms with E-state index in [2.05, 4.69) is 162 Å². The van der Waals surface area contributed by atoms with Crippen LogP contribution in [0.3, 0.4) is 0 Å². The molecule has 0 N–H and O–H groups in total. The number of hydrogen-bond acceptors (Lipinski definition) is 2. The second kappa shape index (κ2) is 9.96. The molecule has 3 heterocycles. The SMILES string of the molecule is c1ccc(-c2nc3c4ccccc4c4ccccc4c3nc2-c2ccc(-c3ccc4c(c3)c3cccc5c6ccccc6n4c53)cc2)cc1. The topological polar surface area (TPSA) is 30.2 Å². The summed E-state index contributed by atoms with van der Waals surface area (Å²) in [5.41, 5.74) is 11.9. The van der Waals surface area contributed by atoms with Gasteiger partial charge in [-0.1, -0.05) is 146 Å².